The smallest absolute Gasteiger partial charge is 0.268 e. The average molecular weight is 409 g/mol. The average Bonchev–Trinajstić information content (AvgIpc) is 2.92. The molecule has 24 heavy (non-hydrogen) atoms. The van der Waals surface area contributed by atoms with E-state index in [4.69, 9.17) is 4.74 Å². The Morgan fingerprint density at radius 1 is 1.38 bits per heavy atom. The second-order valence-electron chi connectivity index (χ2n) is 5.23. The maximum atomic E-state index is 13.6. The van der Waals surface area contributed by atoms with E-state index in [-0.39, 0.29) is 11.7 Å². The predicted molar refractivity (Wildman–Crippen MR) is 97.7 cm³/mol. The van der Waals surface area contributed by atoms with E-state index in [0.29, 0.717) is 10.6 Å². The number of anilines is 1. The molecule has 2 heterocycles. The summed E-state index contributed by atoms with van der Waals surface area (Å²) in [5, 5.41) is 0.989. The minimum Gasteiger partial charge on any atom is -0.494 e. The van der Waals surface area contributed by atoms with Gasteiger partial charge >= 0.3 is 0 Å². The molecule has 0 saturated carbocycles. The van der Waals surface area contributed by atoms with Crippen molar-refractivity contribution in [1.29, 1.82) is 0 Å². The van der Waals surface area contributed by atoms with Gasteiger partial charge in [-0.15, -0.1) is 11.3 Å². The van der Waals surface area contributed by atoms with Gasteiger partial charge in [-0.2, -0.15) is 0 Å². The number of aromatic nitrogens is 1. The zero-order valence-corrected chi connectivity index (χ0v) is 15.7. The molecule has 2 aromatic heterocycles. The maximum absolute atomic E-state index is 13.6. The number of hydrogen-bond acceptors (Lipinski definition) is 4. The summed E-state index contributed by atoms with van der Waals surface area (Å²) >= 11 is 4.87. The molecule has 0 unspecified atom stereocenters. The van der Waals surface area contributed by atoms with Gasteiger partial charge in [0.15, 0.2) is 11.6 Å². The maximum Gasteiger partial charge on any atom is 0.268 e. The Morgan fingerprint density at radius 2 is 2.12 bits per heavy atom. The second kappa shape index (κ2) is 6.49. The third-order valence-electron chi connectivity index (χ3n) is 3.81. The van der Waals surface area contributed by atoms with Gasteiger partial charge in [0.2, 0.25) is 0 Å². The van der Waals surface area contributed by atoms with Crippen LogP contribution in [0.5, 0.6) is 5.75 Å². The van der Waals surface area contributed by atoms with Crippen molar-refractivity contribution in [3.63, 3.8) is 0 Å². The van der Waals surface area contributed by atoms with Crippen molar-refractivity contribution in [2.75, 3.05) is 19.1 Å². The van der Waals surface area contributed by atoms with Crippen molar-refractivity contribution >= 4 is 48.9 Å². The molecule has 0 bridgehead atoms. The van der Waals surface area contributed by atoms with Gasteiger partial charge in [-0.05, 0) is 40.5 Å². The molecule has 1 amide bonds. The Bertz CT molecular complexity index is 942. The van der Waals surface area contributed by atoms with Crippen molar-refractivity contribution < 1.29 is 13.9 Å². The Hall–Kier alpha value is -1.99. The lowest BCUT2D eigenvalue weighted by molar-refractivity contribution is 0.0996. The van der Waals surface area contributed by atoms with Gasteiger partial charge in [0.25, 0.3) is 5.91 Å². The Labute approximate surface area is 151 Å². The number of halogens is 2. The number of methoxy groups -OCH3 is 1. The highest BCUT2D eigenvalue weighted by molar-refractivity contribution is 9.10. The number of aryl methyl sites for hydroxylation is 1. The lowest BCUT2D eigenvalue weighted by Crippen LogP contribution is -2.26. The number of pyridine rings is 1. The molecule has 0 radical (unpaired) electrons. The summed E-state index contributed by atoms with van der Waals surface area (Å²) in [5.74, 6) is -0.517. The molecule has 0 atom stereocenters. The van der Waals surface area contributed by atoms with Crippen LogP contribution in [0.3, 0.4) is 0 Å². The van der Waals surface area contributed by atoms with Crippen LogP contribution in [-0.2, 0) is 0 Å². The monoisotopic (exact) mass is 408 g/mol. The van der Waals surface area contributed by atoms with Crippen molar-refractivity contribution in [3.8, 4) is 5.75 Å². The molecule has 0 aliphatic heterocycles. The van der Waals surface area contributed by atoms with Crippen LogP contribution in [-0.4, -0.2) is 25.0 Å². The number of amides is 1. The van der Waals surface area contributed by atoms with Crippen LogP contribution in [0.1, 0.15) is 15.2 Å². The summed E-state index contributed by atoms with van der Waals surface area (Å²) in [6, 6.07) is 4.35. The molecular formula is C17H14BrFN2O2S. The van der Waals surface area contributed by atoms with Gasteiger partial charge in [-0.1, -0.05) is 0 Å². The van der Waals surface area contributed by atoms with E-state index in [1.54, 1.807) is 25.5 Å². The number of fused-ring (bicyclic) bond motifs is 1. The van der Waals surface area contributed by atoms with Crippen molar-refractivity contribution in [2.45, 2.75) is 6.92 Å². The number of carbonyl (C=O) groups is 1. The SMILES string of the molecule is COc1cc(N(C)C(=O)c2sc3cncc(Br)c3c2C)ccc1F. The molecule has 0 aliphatic rings. The largest absolute Gasteiger partial charge is 0.494 e. The molecule has 0 fully saturated rings. The third kappa shape index (κ3) is 2.78. The molecule has 0 aliphatic carbocycles. The van der Waals surface area contributed by atoms with Gasteiger partial charge in [0.05, 0.1) is 16.7 Å². The van der Waals surface area contributed by atoms with Gasteiger partial charge in [-0.3, -0.25) is 9.78 Å². The zero-order valence-electron chi connectivity index (χ0n) is 13.3. The van der Waals surface area contributed by atoms with Crippen LogP contribution in [0, 0.1) is 12.7 Å². The second-order valence-corrected chi connectivity index (χ2v) is 7.14. The summed E-state index contributed by atoms with van der Waals surface area (Å²) in [6.45, 7) is 1.91. The van der Waals surface area contributed by atoms with Gasteiger partial charge < -0.3 is 9.64 Å². The fourth-order valence-electron chi connectivity index (χ4n) is 2.49. The molecule has 3 rings (SSSR count). The third-order valence-corrected chi connectivity index (χ3v) is 5.63. The number of rotatable bonds is 3. The highest BCUT2D eigenvalue weighted by Crippen LogP contribution is 2.36. The van der Waals surface area contributed by atoms with E-state index in [9.17, 15) is 9.18 Å². The van der Waals surface area contributed by atoms with Crippen LogP contribution in [0.2, 0.25) is 0 Å². The van der Waals surface area contributed by atoms with Crippen LogP contribution in [0.15, 0.2) is 35.1 Å². The van der Waals surface area contributed by atoms with Crippen molar-refractivity contribution in [2.24, 2.45) is 0 Å². The number of ether oxygens (including phenoxy) is 1. The first-order valence-corrected chi connectivity index (χ1v) is 8.69. The summed E-state index contributed by atoms with van der Waals surface area (Å²) in [6.07, 6.45) is 3.46. The molecule has 4 nitrogen and oxygen atoms in total. The number of carbonyl (C=O) groups excluding carboxylic acids is 1. The highest BCUT2D eigenvalue weighted by atomic mass is 79.9. The van der Waals surface area contributed by atoms with Crippen molar-refractivity contribution in [3.05, 3.63) is 51.3 Å². The molecule has 124 valence electrons. The van der Waals surface area contributed by atoms with Gasteiger partial charge in [0.1, 0.15) is 0 Å². The van der Waals surface area contributed by atoms with E-state index in [2.05, 4.69) is 20.9 Å². The summed E-state index contributed by atoms with van der Waals surface area (Å²) in [5.41, 5.74) is 1.46. The molecule has 0 saturated heterocycles. The summed E-state index contributed by atoms with van der Waals surface area (Å²) < 4.78 is 20.4. The van der Waals surface area contributed by atoms with Crippen LogP contribution < -0.4 is 9.64 Å². The summed E-state index contributed by atoms with van der Waals surface area (Å²) in [4.78, 5) is 19.2. The first kappa shape index (κ1) is 16.9. The fraction of sp³-hybridized carbons (Fsp3) is 0.176. The normalized spacial score (nSPS) is 10.9. The Kier molecular flexibility index (Phi) is 4.56. The van der Waals surface area contributed by atoms with Crippen LogP contribution in [0.4, 0.5) is 10.1 Å². The first-order valence-electron chi connectivity index (χ1n) is 7.08. The Balaban J connectivity index is 2.03. The molecule has 3 aromatic rings. The van der Waals surface area contributed by atoms with E-state index < -0.39 is 5.82 Å². The lowest BCUT2D eigenvalue weighted by Gasteiger charge is -2.18. The molecular weight excluding hydrogens is 395 g/mol. The van der Waals surface area contributed by atoms with Crippen molar-refractivity contribution in [1.82, 2.24) is 4.98 Å². The van der Waals surface area contributed by atoms with Crippen LogP contribution >= 0.6 is 27.3 Å². The quantitative estimate of drug-likeness (QED) is 0.625. The van der Waals surface area contributed by atoms with E-state index in [1.165, 1.54) is 35.5 Å². The standard InChI is InChI=1S/C17H14BrFN2O2S/c1-9-15-11(18)7-20-8-14(15)24-16(9)17(22)21(2)10-4-5-12(19)13(6-10)23-3/h4-8H,1-3H3. The van der Waals surface area contributed by atoms with Crippen LogP contribution in [0.25, 0.3) is 10.1 Å². The zero-order chi connectivity index (χ0) is 17.4. The molecule has 7 heteroatoms. The highest BCUT2D eigenvalue weighted by Gasteiger charge is 2.22. The van der Waals surface area contributed by atoms with Gasteiger partial charge in [0, 0.05) is 41.1 Å². The summed E-state index contributed by atoms with van der Waals surface area (Å²) in [7, 11) is 3.05. The molecule has 0 spiro atoms. The molecule has 1 aromatic carbocycles. The predicted octanol–water partition coefficient (Wildman–Crippen LogP) is 4.79. The number of hydrogen-bond donors (Lipinski definition) is 0. The number of benzene rings is 1. The number of nitrogens with zero attached hydrogens (tertiary/aromatic N) is 2. The molecule has 0 N–H and O–H groups in total. The van der Waals surface area contributed by atoms with Gasteiger partial charge in [-0.25, -0.2) is 4.39 Å². The van der Waals surface area contributed by atoms with E-state index in [0.717, 1.165) is 20.1 Å². The number of thiophene rings is 1. The van der Waals surface area contributed by atoms with E-state index in [1.807, 2.05) is 6.92 Å². The first-order chi connectivity index (χ1) is 11.4. The Morgan fingerprint density at radius 3 is 2.79 bits per heavy atom. The lowest BCUT2D eigenvalue weighted by atomic mass is 10.1. The van der Waals surface area contributed by atoms with E-state index >= 15 is 0 Å². The topological polar surface area (TPSA) is 42.4 Å². The minimum absolute atomic E-state index is 0.104. The minimum atomic E-state index is -0.463. The fourth-order valence-corrected chi connectivity index (χ4v) is 4.43.